The van der Waals surface area contributed by atoms with Gasteiger partial charge >= 0.3 is 0 Å². The van der Waals surface area contributed by atoms with Gasteiger partial charge in [-0.25, -0.2) is 9.13 Å². The zero-order valence-electron chi connectivity index (χ0n) is 17.9. The first-order valence-corrected chi connectivity index (χ1v) is 12.8. The van der Waals surface area contributed by atoms with Gasteiger partial charge in [-0.3, -0.25) is 4.79 Å². The van der Waals surface area contributed by atoms with Crippen molar-refractivity contribution in [1.82, 2.24) is 4.57 Å². The summed E-state index contributed by atoms with van der Waals surface area (Å²) in [4.78, 5) is 13.1. The standard InChI is InChI=1S/C24H18Cl5N2O2S.BrH/c25-16-2-1-15(19(27)9-16)13-33-22(18-4-3-17(26)10-20(18)28)12-31-8-7-30(14-31)11-21(32)23-5-6-24(29)34-23;/h1-10,14,22H,11-13H2;1H/q+1;/p-1. The summed E-state index contributed by atoms with van der Waals surface area (Å²) >= 11 is 32.1. The first-order chi connectivity index (χ1) is 16.3. The van der Waals surface area contributed by atoms with Crippen LogP contribution in [0.1, 0.15) is 26.9 Å². The summed E-state index contributed by atoms with van der Waals surface area (Å²) in [5, 5.41) is 2.13. The summed E-state index contributed by atoms with van der Waals surface area (Å²) in [6.45, 7) is 0.925. The summed E-state index contributed by atoms with van der Waals surface area (Å²) in [6, 6.07) is 14.0. The number of benzene rings is 2. The van der Waals surface area contributed by atoms with Gasteiger partial charge in [0, 0.05) is 25.7 Å². The van der Waals surface area contributed by atoms with Crippen molar-refractivity contribution in [3.05, 3.63) is 108 Å². The van der Waals surface area contributed by atoms with E-state index in [4.69, 9.17) is 62.7 Å². The predicted molar refractivity (Wildman–Crippen MR) is 139 cm³/mol. The zero-order chi connectivity index (χ0) is 24.2. The molecule has 0 radical (unpaired) electrons. The van der Waals surface area contributed by atoms with Crippen molar-refractivity contribution in [2.45, 2.75) is 25.8 Å². The molecule has 0 aliphatic heterocycles. The van der Waals surface area contributed by atoms with Crippen molar-refractivity contribution < 1.29 is 31.1 Å². The van der Waals surface area contributed by atoms with Crippen LogP contribution >= 0.6 is 69.3 Å². The Morgan fingerprint density at radius 3 is 2.34 bits per heavy atom. The van der Waals surface area contributed by atoms with E-state index >= 15 is 0 Å². The van der Waals surface area contributed by atoms with E-state index in [0.29, 0.717) is 35.8 Å². The number of imidazole rings is 1. The van der Waals surface area contributed by atoms with Gasteiger partial charge in [0.15, 0.2) is 6.54 Å². The molecule has 2 heterocycles. The molecule has 0 aliphatic rings. The third kappa shape index (κ3) is 7.70. The summed E-state index contributed by atoms with van der Waals surface area (Å²) in [5.74, 6) is -0.00873. The number of hydrogen-bond donors (Lipinski definition) is 0. The van der Waals surface area contributed by atoms with E-state index in [1.807, 2.05) is 40.0 Å². The molecule has 2 aromatic carbocycles. The largest absolute Gasteiger partial charge is 1.00 e. The number of thiophene rings is 1. The lowest BCUT2D eigenvalue weighted by Gasteiger charge is -2.19. The first-order valence-electron chi connectivity index (χ1n) is 10.1. The molecule has 1 unspecified atom stereocenters. The lowest BCUT2D eigenvalue weighted by molar-refractivity contribution is -0.682. The highest BCUT2D eigenvalue weighted by Crippen LogP contribution is 2.31. The Hall–Kier alpha value is -1.09. The second-order valence-corrected chi connectivity index (χ2v) is 10.9. The molecule has 0 saturated carbocycles. The molecule has 0 saturated heterocycles. The Balaban J connectivity index is 0.00000342. The van der Waals surface area contributed by atoms with Crippen LogP contribution in [0.5, 0.6) is 0 Å². The molecular weight excluding hydrogens is 638 g/mol. The Morgan fingerprint density at radius 1 is 0.971 bits per heavy atom. The first kappa shape index (κ1) is 28.5. The molecular formula is C24H18BrCl5N2O2S. The van der Waals surface area contributed by atoms with Crippen LogP contribution in [-0.2, 0) is 24.4 Å². The molecule has 4 rings (SSSR count). The molecule has 0 N–H and O–H groups in total. The van der Waals surface area contributed by atoms with Gasteiger partial charge in [0.2, 0.25) is 12.1 Å². The van der Waals surface area contributed by atoms with Crippen LogP contribution in [0.15, 0.2) is 67.3 Å². The summed E-state index contributed by atoms with van der Waals surface area (Å²) < 4.78 is 10.6. The summed E-state index contributed by atoms with van der Waals surface area (Å²) in [6.07, 6.45) is 5.17. The molecule has 0 spiro atoms. The number of halogens is 6. The highest BCUT2D eigenvalue weighted by Gasteiger charge is 2.21. The molecule has 0 aliphatic carbocycles. The maximum Gasteiger partial charge on any atom is 0.244 e. The average Bonchev–Trinajstić information content (AvgIpc) is 3.41. The maximum absolute atomic E-state index is 12.5. The molecule has 0 amide bonds. The zero-order valence-corrected chi connectivity index (χ0v) is 24.1. The normalized spacial score (nSPS) is 11.8. The van der Waals surface area contributed by atoms with E-state index in [1.54, 1.807) is 36.4 Å². The predicted octanol–water partition coefficient (Wildman–Crippen LogP) is 4.95. The van der Waals surface area contributed by atoms with Gasteiger partial charge < -0.3 is 21.7 Å². The maximum atomic E-state index is 12.5. The van der Waals surface area contributed by atoms with Crippen molar-refractivity contribution in [2.24, 2.45) is 0 Å². The molecule has 184 valence electrons. The van der Waals surface area contributed by atoms with Crippen molar-refractivity contribution in [1.29, 1.82) is 0 Å². The van der Waals surface area contributed by atoms with Crippen LogP contribution in [0.4, 0.5) is 0 Å². The van der Waals surface area contributed by atoms with E-state index in [9.17, 15) is 4.79 Å². The topological polar surface area (TPSA) is 35.1 Å². The van der Waals surface area contributed by atoms with Crippen LogP contribution in [0.2, 0.25) is 24.4 Å². The van der Waals surface area contributed by atoms with Crippen molar-refractivity contribution >= 4 is 75.1 Å². The molecule has 11 heteroatoms. The molecule has 0 bridgehead atoms. The molecule has 0 fully saturated rings. The Morgan fingerprint density at radius 2 is 1.69 bits per heavy atom. The van der Waals surface area contributed by atoms with Crippen LogP contribution in [0.25, 0.3) is 0 Å². The van der Waals surface area contributed by atoms with Gasteiger partial charge in [-0.15, -0.1) is 11.3 Å². The number of nitrogens with zero attached hydrogens (tertiary/aromatic N) is 2. The van der Waals surface area contributed by atoms with E-state index in [-0.39, 0.29) is 35.9 Å². The minimum absolute atomic E-state index is 0. The molecule has 4 aromatic rings. The second-order valence-electron chi connectivity index (χ2n) is 7.51. The minimum atomic E-state index is -0.399. The van der Waals surface area contributed by atoms with Gasteiger partial charge in [-0.1, -0.05) is 70.1 Å². The minimum Gasteiger partial charge on any atom is -1.00 e. The van der Waals surface area contributed by atoms with Crippen LogP contribution in [-0.4, -0.2) is 10.4 Å². The highest BCUT2D eigenvalue weighted by atomic mass is 79.9. The van der Waals surface area contributed by atoms with Gasteiger partial charge in [0.1, 0.15) is 25.0 Å². The number of Topliss-reactive ketones (excluding diaryl/α,β-unsaturated/α-hetero) is 1. The van der Waals surface area contributed by atoms with E-state index in [0.717, 1.165) is 11.1 Å². The third-order valence-corrected chi connectivity index (χ3v) is 7.48. The van der Waals surface area contributed by atoms with Gasteiger partial charge in [-0.05, 0) is 42.0 Å². The number of carbonyl (C=O) groups excluding carboxylic acids is 1. The smallest absolute Gasteiger partial charge is 0.244 e. The lowest BCUT2D eigenvalue weighted by Crippen LogP contribution is -3.00. The fourth-order valence-corrected chi connectivity index (χ4v) is 5.34. The number of aromatic nitrogens is 2. The number of ketones is 1. The molecule has 4 nitrogen and oxygen atoms in total. The van der Waals surface area contributed by atoms with Crippen LogP contribution < -0.4 is 21.5 Å². The Kier molecular flexibility index (Phi) is 10.5. The van der Waals surface area contributed by atoms with Crippen LogP contribution in [0.3, 0.4) is 0 Å². The average molecular weight is 656 g/mol. The molecule has 1 atom stereocenters. The van der Waals surface area contributed by atoms with Crippen molar-refractivity contribution in [3.63, 3.8) is 0 Å². The van der Waals surface area contributed by atoms with E-state index in [2.05, 4.69) is 0 Å². The second kappa shape index (κ2) is 12.9. The number of carbonyl (C=O) groups is 1. The number of hydrogen-bond acceptors (Lipinski definition) is 3. The van der Waals surface area contributed by atoms with Gasteiger partial charge in [0.25, 0.3) is 0 Å². The lowest BCUT2D eigenvalue weighted by atomic mass is 10.1. The van der Waals surface area contributed by atoms with Crippen molar-refractivity contribution in [3.8, 4) is 0 Å². The van der Waals surface area contributed by atoms with E-state index in [1.165, 1.54) is 11.3 Å². The monoisotopic (exact) mass is 652 g/mol. The molecule has 35 heavy (non-hydrogen) atoms. The number of ether oxygens (including phenoxy) is 1. The van der Waals surface area contributed by atoms with Gasteiger partial charge in [0.05, 0.1) is 15.8 Å². The van der Waals surface area contributed by atoms with Crippen LogP contribution in [0, 0.1) is 0 Å². The fraction of sp³-hybridized carbons (Fsp3) is 0.167. The quantitative estimate of drug-likeness (QED) is 0.189. The summed E-state index contributed by atoms with van der Waals surface area (Å²) in [7, 11) is 0. The highest BCUT2D eigenvalue weighted by molar-refractivity contribution is 7.18. The SMILES string of the molecule is O=C(C[n+]1ccn(CC(OCc2ccc(Cl)cc2Cl)c2ccc(Cl)cc2Cl)c1)c1ccc(Cl)s1.[Br-]. The number of rotatable bonds is 9. The molecule has 2 aromatic heterocycles. The third-order valence-electron chi connectivity index (χ3n) is 5.06. The van der Waals surface area contributed by atoms with Gasteiger partial charge in [-0.2, -0.15) is 0 Å². The van der Waals surface area contributed by atoms with E-state index < -0.39 is 6.10 Å². The Labute approximate surface area is 242 Å². The summed E-state index contributed by atoms with van der Waals surface area (Å²) in [5.41, 5.74) is 1.60. The fourth-order valence-electron chi connectivity index (χ4n) is 3.37. The Bertz CT molecular complexity index is 1330. The van der Waals surface area contributed by atoms with Crippen molar-refractivity contribution in [2.75, 3.05) is 0 Å².